The molecule has 0 aliphatic rings. The second-order valence-electron chi connectivity index (χ2n) is 14.6. The van der Waals surface area contributed by atoms with Crippen LogP contribution in [0.3, 0.4) is 0 Å². The number of nitrogens with zero attached hydrogens (tertiary/aromatic N) is 2. The number of hydrogen-bond donors (Lipinski definition) is 0. The molecule has 0 amide bonds. The van der Waals surface area contributed by atoms with Gasteiger partial charge in [0.1, 0.15) is 26.4 Å². The second kappa shape index (κ2) is 41.0. The van der Waals surface area contributed by atoms with Gasteiger partial charge in [-0.25, -0.2) is 9.59 Å². The van der Waals surface area contributed by atoms with Gasteiger partial charge in [-0.1, -0.05) is 44.7 Å². The maximum Gasteiger partial charge on any atom is 0.338 e. The van der Waals surface area contributed by atoms with Crippen LogP contribution in [0.5, 0.6) is 0 Å². The van der Waals surface area contributed by atoms with E-state index in [1.165, 1.54) is 48.5 Å². The third-order valence-corrected chi connectivity index (χ3v) is 10.3. The van der Waals surface area contributed by atoms with E-state index < -0.39 is 21.8 Å². The number of hydrogen-bond acceptors (Lipinski definition) is 18. The molecule has 0 spiro atoms. The van der Waals surface area contributed by atoms with Crippen LogP contribution in [0.1, 0.15) is 123 Å². The Morgan fingerprint density at radius 3 is 0.912 bits per heavy atom. The van der Waals surface area contributed by atoms with Gasteiger partial charge in [0.05, 0.1) is 60.6 Å². The number of non-ortho nitro benzene ring substituents is 2. The predicted molar refractivity (Wildman–Crippen MR) is 254 cm³/mol. The molecule has 0 aliphatic carbocycles. The number of carbonyl (C=O) groups excluding carboxylic acids is 6. The standard InChI is InChI=1S/C30H36N2O13.C16H28Br2O5/c33-27(7-3-1-5-17-44-29(35)23-9-13-25(14-10-23)31(37)38)42-21-19-41-20-22-43-28(34)8-4-2-6-18-45-30(36)24-11-15-26(16-12-24)32(39)40;17-9-5-1-3-7-15(19)22-13-11-21-12-14-23-16(20)8-4-2-6-10-18/h9-16H,1-8,17-22H2;1-14H2. The maximum atomic E-state index is 11.9. The molecule has 0 aliphatic heterocycles. The first-order valence-electron chi connectivity index (χ1n) is 22.6. The molecule has 0 radical (unpaired) electrons. The highest BCUT2D eigenvalue weighted by atomic mass is 79.9. The molecular weight excluding hydrogens is 1030 g/mol. The summed E-state index contributed by atoms with van der Waals surface area (Å²) in [4.78, 5) is 90.4. The van der Waals surface area contributed by atoms with Crippen molar-refractivity contribution in [2.24, 2.45) is 0 Å². The van der Waals surface area contributed by atoms with E-state index in [9.17, 15) is 49.0 Å². The number of carbonyl (C=O) groups is 6. The zero-order valence-electron chi connectivity index (χ0n) is 38.4. The van der Waals surface area contributed by atoms with Crippen LogP contribution < -0.4 is 0 Å². The molecule has 22 heteroatoms. The normalized spacial score (nSPS) is 10.5. The summed E-state index contributed by atoms with van der Waals surface area (Å²) < 4.78 is 41.0. The lowest BCUT2D eigenvalue weighted by molar-refractivity contribution is -0.385. The molecule has 0 atom stereocenters. The number of nitro benzene ring substituents is 2. The SMILES string of the molecule is O=C(CCCCCBr)OCCOCCOC(=O)CCCCCBr.O=C(CCCCCOC(=O)c1ccc([N+](=O)[O-])cc1)OCCOCCOC(=O)CCCCCOC(=O)c1ccc([N+](=O)[O-])cc1. The lowest BCUT2D eigenvalue weighted by Crippen LogP contribution is -2.14. The number of esters is 6. The van der Waals surface area contributed by atoms with Crippen LogP contribution in [0.25, 0.3) is 0 Å². The summed E-state index contributed by atoms with van der Waals surface area (Å²) in [6.07, 6.45) is 10.7. The Hall–Kier alpha value is -5.06. The van der Waals surface area contributed by atoms with Gasteiger partial charge in [0.15, 0.2) is 0 Å². The monoisotopic (exact) mass is 1090 g/mol. The molecule has 0 N–H and O–H groups in total. The van der Waals surface area contributed by atoms with E-state index in [0.29, 0.717) is 64.6 Å². The first-order valence-corrected chi connectivity index (χ1v) is 24.8. The van der Waals surface area contributed by atoms with Gasteiger partial charge in [-0.05, 0) is 88.5 Å². The minimum absolute atomic E-state index is 0.0639. The Morgan fingerprint density at radius 2 is 0.647 bits per heavy atom. The van der Waals surface area contributed by atoms with Crippen LogP contribution in [0.4, 0.5) is 11.4 Å². The molecule has 2 aromatic carbocycles. The fourth-order valence-electron chi connectivity index (χ4n) is 5.46. The maximum absolute atomic E-state index is 11.9. The summed E-state index contributed by atoms with van der Waals surface area (Å²) in [6, 6.07) is 10.2. The number of benzene rings is 2. The first-order chi connectivity index (χ1) is 32.9. The smallest absolute Gasteiger partial charge is 0.338 e. The summed E-state index contributed by atoms with van der Waals surface area (Å²) in [5.74, 6) is -2.27. The summed E-state index contributed by atoms with van der Waals surface area (Å²) in [5.41, 5.74) is 0.215. The van der Waals surface area contributed by atoms with Crippen LogP contribution in [0.2, 0.25) is 0 Å². The van der Waals surface area contributed by atoms with Gasteiger partial charge in [0.2, 0.25) is 0 Å². The van der Waals surface area contributed by atoms with Gasteiger partial charge in [-0.2, -0.15) is 0 Å². The van der Waals surface area contributed by atoms with Crippen molar-refractivity contribution < 1.29 is 76.5 Å². The van der Waals surface area contributed by atoms with Crippen LogP contribution in [-0.2, 0) is 57.1 Å². The largest absolute Gasteiger partial charge is 0.463 e. The number of nitro groups is 2. The van der Waals surface area contributed by atoms with Crippen molar-refractivity contribution in [2.45, 2.75) is 103 Å². The fourth-order valence-corrected chi connectivity index (χ4v) is 6.26. The lowest BCUT2D eigenvalue weighted by Gasteiger charge is -2.08. The minimum atomic E-state index is -0.573. The van der Waals surface area contributed by atoms with Gasteiger partial charge >= 0.3 is 35.8 Å². The number of ether oxygens (including phenoxy) is 8. The third-order valence-electron chi connectivity index (χ3n) is 9.14. The molecule has 0 heterocycles. The molecule has 0 saturated heterocycles. The summed E-state index contributed by atoms with van der Waals surface area (Å²) in [7, 11) is 0. The quantitative estimate of drug-likeness (QED) is 0.0152. The predicted octanol–water partition coefficient (Wildman–Crippen LogP) is 8.74. The molecule has 20 nitrogen and oxygen atoms in total. The van der Waals surface area contributed by atoms with Gasteiger partial charge in [0.25, 0.3) is 11.4 Å². The van der Waals surface area contributed by atoms with E-state index in [0.717, 1.165) is 49.2 Å². The molecule has 68 heavy (non-hydrogen) atoms. The van der Waals surface area contributed by atoms with E-state index in [-0.39, 0.29) is 112 Å². The molecular formula is C46H64Br2N2O18. The van der Waals surface area contributed by atoms with Crippen molar-refractivity contribution in [1.29, 1.82) is 0 Å². The summed E-state index contributed by atoms with van der Waals surface area (Å²) in [6.45, 7) is 1.91. The van der Waals surface area contributed by atoms with Crippen molar-refractivity contribution in [3.8, 4) is 0 Å². The zero-order chi connectivity index (χ0) is 50.0. The summed E-state index contributed by atoms with van der Waals surface area (Å²) in [5, 5.41) is 23.2. The molecule has 380 valence electrons. The number of halogens is 2. The molecule has 0 aromatic heterocycles. The number of rotatable bonds is 38. The van der Waals surface area contributed by atoms with Crippen LogP contribution in [-0.4, -0.2) is 122 Å². The van der Waals surface area contributed by atoms with Gasteiger partial charge in [-0.15, -0.1) is 0 Å². The molecule has 2 aromatic rings. The van der Waals surface area contributed by atoms with Crippen molar-refractivity contribution in [2.75, 3.05) is 76.7 Å². The van der Waals surface area contributed by atoms with E-state index in [1.807, 2.05) is 0 Å². The van der Waals surface area contributed by atoms with Gasteiger partial charge in [0, 0.05) is 60.6 Å². The minimum Gasteiger partial charge on any atom is -0.463 e. The topological polar surface area (TPSA) is 263 Å². The van der Waals surface area contributed by atoms with Crippen molar-refractivity contribution in [3.63, 3.8) is 0 Å². The molecule has 0 saturated carbocycles. The average Bonchev–Trinajstić information content (AvgIpc) is 3.33. The first kappa shape index (κ1) is 61.0. The number of alkyl halides is 2. The van der Waals surface area contributed by atoms with Gasteiger partial charge < -0.3 is 37.9 Å². The van der Waals surface area contributed by atoms with Gasteiger partial charge in [-0.3, -0.25) is 39.4 Å². The zero-order valence-corrected chi connectivity index (χ0v) is 41.6. The van der Waals surface area contributed by atoms with Crippen LogP contribution in [0.15, 0.2) is 48.5 Å². The van der Waals surface area contributed by atoms with E-state index in [1.54, 1.807) is 0 Å². The fraction of sp³-hybridized carbons (Fsp3) is 0.609. The Kier molecular flexibility index (Phi) is 36.7. The van der Waals surface area contributed by atoms with Crippen LogP contribution in [0, 0.1) is 20.2 Å². The van der Waals surface area contributed by atoms with E-state index >= 15 is 0 Å². The Bertz CT molecular complexity index is 1640. The summed E-state index contributed by atoms with van der Waals surface area (Å²) >= 11 is 6.70. The highest BCUT2D eigenvalue weighted by Crippen LogP contribution is 2.15. The highest BCUT2D eigenvalue weighted by Gasteiger charge is 2.13. The van der Waals surface area contributed by atoms with Crippen molar-refractivity contribution >= 4 is 79.1 Å². The Morgan fingerprint density at radius 1 is 0.368 bits per heavy atom. The number of unbranched alkanes of at least 4 members (excludes halogenated alkanes) is 8. The van der Waals surface area contributed by atoms with Crippen molar-refractivity contribution in [1.82, 2.24) is 0 Å². The molecule has 2 rings (SSSR count). The lowest BCUT2D eigenvalue weighted by atomic mass is 10.2. The van der Waals surface area contributed by atoms with E-state index in [2.05, 4.69) is 31.9 Å². The average molecular weight is 1090 g/mol. The van der Waals surface area contributed by atoms with E-state index in [4.69, 9.17) is 37.9 Å². The van der Waals surface area contributed by atoms with Crippen LogP contribution >= 0.6 is 31.9 Å². The third kappa shape index (κ3) is 33.4. The molecule has 0 unspecified atom stereocenters. The molecule has 0 fully saturated rings. The Labute approximate surface area is 413 Å². The Balaban J connectivity index is 0.000000846. The van der Waals surface area contributed by atoms with Crippen molar-refractivity contribution in [3.05, 3.63) is 79.9 Å². The molecule has 0 bridgehead atoms. The second-order valence-corrected chi connectivity index (χ2v) is 16.2. The highest BCUT2D eigenvalue weighted by molar-refractivity contribution is 9.09.